The van der Waals surface area contributed by atoms with E-state index in [1.54, 1.807) is 60.8 Å². The Morgan fingerprint density at radius 3 is 2.75 bits per heavy atom. The summed E-state index contributed by atoms with van der Waals surface area (Å²) in [7, 11) is 0. The van der Waals surface area contributed by atoms with Crippen molar-refractivity contribution < 1.29 is 23.8 Å². The summed E-state index contributed by atoms with van der Waals surface area (Å²) in [6.45, 7) is 1.97. The Hall–Kier alpha value is -4.15. The number of esters is 1. The first kappa shape index (κ1) is 23.6. The first-order chi connectivity index (χ1) is 17.4. The number of anilines is 1. The van der Waals surface area contributed by atoms with E-state index in [-0.39, 0.29) is 29.5 Å². The maximum absolute atomic E-state index is 13.4. The molecule has 0 spiro atoms. The summed E-state index contributed by atoms with van der Waals surface area (Å²) in [4.78, 5) is 38.8. The van der Waals surface area contributed by atoms with Crippen molar-refractivity contribution in [2.75, 3.05) is 18.7 Å². The highest BCUT2D eigenvalue weighted by Crippen LogP contribution is 2.33. The minimum Gasteiger partial charge on any atom is -0.461 e. The third-order valence-electron chi connectivity index (χ3n) is 5.25. The average Bonchev–Trinajstić information content (AvgIpc) is 3.51. The van der Waals surface area contributed by atoms with Gasteiger partial charge in [0, 0.05) is 21.9 Å². The van der Waals surface area contributed by atoms with Crippen molar-refractivity contribution in [1.82, 2.24) is 9.78 Å². The number of nitrogens with one attached hydrogen (secondary N) is 1. The van der Waals surface area contributed by atoms with E-state index in [0.29, 0.717) is 27.6 Å². The van der Waals surface area contributed by atoms with Crippen molar-refractivity contribution in [3.63, 3.8) is 0 Å². The van der Waals surface area contributed by atoms with Gasteiger partial charge >= 0.3 is 5.97 Å². The molecule has 1 aliphatic heterocycles. The average molecular weight is 524 g/mol. The molecule has 1 amide bonds. The summed E-state index contributed by atoms with van der Waals surface area (Å²) in [6.07, 6.45) is 2.96. The molecule has 2 aromatic carbocycles. The van der Waals surface area contributed by atoms with E-state index in [9.17, 15) is 14.4 Å². The molecular formula is C25H18ClN3O6S. The third-order valence-corrected chi connectivity index (χ3v) is 6.40. The summed E-state index contributed by atoms with van der Waals surface area (Å²) in [5.41, 5.74) is 0.609. The molecule has 0 unspecified atom stereocenters. The second-order valence-electron chi connectivity index (χ2n) is 7.55. The minimum atomic E-state index is -0.677. The van der Waals surface area contributed by atoms with Crippen molar-refractivity contribution in [3.8, 4) is 17.2 Å². The predicted molar refractivity (Wildman–Crippen MR) is 136 cm³/mol. The molecule has 0 saturated heterocycles. The van der Waals surface area contributed by atoms with Crippen LogP contribution >= 0.6 is 22.9 Å². The fourth-order valence-corrected chi connectivity index (χ4v) is 4.66. The van der Waals surface area contributed by atoms with Crippen LogP contribution in [0.1, 0.15) is 23.0 Å². The molecule has 11 heteroatoms. The predicted octanol–water partition coefficient (Wildman–Crippen LogP) is 4.66. The standard InChI is InChI=1S/C25H18ClN3O6S/c1-2-33-25(32)22-17-12-36-23(21(17)24(31)29(28-22)16-7-5-15(26)6-8-16)27-20(30)10-4-14-3-9-18-19(11-14)35-13-34-18/h3-12H,2,13H2,1H3,(H,27,30). The molecule has 1 N–H and O–H groups in total. The van der Waals surface area contributed by atoms with Crippen molar-refractivity contribution >= 4 is 56.7 Å². The Morgan fingerprint density at radius 1 is 1.19 bits per heavy atom. The maximum atomic E-state index is 13.4. The molecule has 0 fully saturated rings. The number of halogens is 1. The van der Waals surface area contributed by atoms with E-state index in [2.05, 4.69) is 10.4 Å². The van der Waals surface area contributed by atoms with E-state index < -0.39 is 17.4 Å². The number of thiophene rings is 1. The van der Waals surface area contributed by atoms with Gasteiger partial charge in [-0.25, -0.2) is 4.79 Å². The zero-order valence-corrected chi connectivity index (χ0v) is 20.4. The van der Waals surface area contributed by atoms with Gasteiger partial charge in [0.25, 0.3) is 5.56 Å². The molecule has 5 rings (SSSR count). The number of hydrogen-bond acceptors (Lipinski definition) is 8. The Balaban J connectivity index is 1.51. The lowest BCUT2D eigenvalue weighted by molar-refractivity contribution is -0.111. The van der Waals surface area contributed by atoms with Gasteiger partial charge in [0.05, 0.1) is 17.7 Å². The van der Waals surface area contributed by atoms with Gasteiger partial charge in [-0.2, -0.15) is 9.78 Å². The molecule has 9 nitrogen and oxygen atoms in total. The molecular weight excluding hydrogens is 506 g/mol. The van der Waals surface area contributed by atoms with Crippen LogP contribution in [-0.2, 0) is 9.53 Å². The van der Waals surface area contributed by atoms with E-state index in [4.69, 9.17) is 25.8 Å². The van der Waals surface area contributed by atoms with Gasteiger partial charge in [0.15, 0.2) is 17.2 Å². The summed E-state index contributed by atoms with van der Waals surface area (Å²) in [6, 6.07) is 11.7. The summed E-state index contributed by atoms with van der Waals surface area (Å²) >= 11 is 7.09. The van der Waals surface area contributed by atoms with Crippen LogP contribution in [0.3, 0.4) is 0 Å². The second kappa shape index (κ2) is 9.84. The number of aromatic nitrogens is 2. The highest BCUT2D eigenvalue weighted by Gasteiger charge is 2.23. The van der Waals surface area contributed by atoms with Crippen LogP contribution in [0.5, 0.6) is 11.5 Å². The van der Waals surface area contributed by atoms with Gasteiger partial charge in [0.1, 0.15) is 5.00 Å². The number of rotatable bonds is 6. The molecule has 1 aliphatic rings. The molecule has 0 atom stereocenters. The van der Waals surface area contributed by atoms with Gasteiger partial charge in [-0.05, 0) is 55.0 Å². The van der Waals surface area contributed by atoms with Crippen LogP contribution in [-0.4, -0.2) is 35.1 Å². The lowest BCUT2D eigenvalue weighted by Crippen LogP contribution is -2.25. The normalized spacial score (nSPS) is 12.3. The van der Waals surface area contributed by atoms with Crippen LogP contribution < -0.4 is 20.3 Å². The van der Waals surface area contributed by atoms with Gasteiger partial charge in [-0.15, -0.1) is 11.3 Å². The van der Waals surface area contributed by atoms with Crippen LogP contribution in [0.2, 0.25) is 5.02 Å². The number of benzene rings is 2. The van der Waals surface area contributed by atoms with Crippen molar-refractivity contribution in [2.45, 2.75) is 6.92 Å². The van der Waals surface area contributed by atoms with Crippen LogP contribution in [0, 0.1) is 0 Å². The van der Waals surface area contributed by atoms with Crippen LogP contribution in [0.15, 0.2) is 58.7 Å². The van der Waals surface area contributed by atoms with Gasteiger partial charge in [0.2, 0.25) is 12.7 Å². The number of fused-ring (bicyclic) bond motifs is 2. The molecule has 36 heavy (non-hydrogen) atoms. The van der Waals surface area contributed by atoms with Gasteiger partial charge in [-0.3, -0.25) is 9.59 Å². The lowest BCUT2D eigenvalue weighted by Gasteiger charge is -2.09. The molecule has 0 aliphatic carbocycles. The number of ether oxygens (including phenoxy) is 3. The van der Waals surface area contributed by atoms with E-state index >= 15 is 0 Å². The highest BCUT2D eigenvalue weighted by atomic mass is 35.5. The number of hydrogen-bond donors (Lipinski definition) is 1. The number of nitrogens with zero attached hydrogens (tertiary/aromatic N) is 2. The molecule has 2 aromatic heterocycles. The Kier molecular flexibility index (Phi) is 6.45. The lowest BCUT2D eigenvalue weighted by atomic mass is 10.2. The largest absolute Gasteiger partial charge is 0.461 e. The summed E-state index contributed by atoms with van der Waals surface area (Å²) in [5.74, 6) is 0.111. The van der Waals surface area contributed by atoms with E-state index in [1.165, 1.54) is 6.08 Å². The monoisotopic (exact) mass is 523 g/mol. The smallest absolute Gasteiger partial charge is 0.359 e. The first-order valence-corrected chi connectivity index (χ1v) is 12.1. The zero-order valence-electron chi connectivity index (χ0n) is 18.8. The Labute approximate surface area is 213 Å². The fourth-order valence-electron chi connectivity index (χ4n) is 3.59. The molecule has 0 saturated carbocycles. The molecule has 182 valence electrons. The second-order valence-corrected chi connectivity index (χ2v) is 8.87. The Bertz CT molecular complexity index is 1580. The number of carbonyl (C=O) groups excluding carboxylic acids is 2. The molecule has 3 heterocycles. The van der Waals surface area contributed by atoms with E-state index in [0.717, 1.165) is 21.6 Å². The number of carbonyl (C=O) groups is 2. The first-order valence-electron chi connectivity index (χ1n) is 10.8. The molecule has 4 aromatic rings. The van der Waals surface area contributed by atoms with Crippen molar-refractivity contribution in [2.24, 2.45) is 0 Å². The topological polar surface area (TPSA) is 109 Å². The van der Waals surface area contributed by atoms with Gasteiger partial charge < -0.3 is 19.5 Å². The van der Waals surface area contributed by atoms with E-state index in [1.807, 2.05) is 0 Å². The van der Waals surface area contributed by atoms with Crippen molar-refractivity contribution in [1.29, 1.82) is 0 Å². The summed E-state index contributed by atoms with van der Waals surface area (Å²) in [5, 5.41) is 9.81. The fraction of sp³-hybridized carbons (Fsp3) is 0.120. The molecule has 0 radical (unpaired) electrons. The molecule has 0 bridgehead atoms. The zero-order chi connectivity index (χ0) is 25.2. The maximum Gasteiger partial charge on any atom is 0.359 e. The van der Waals surface area contributed by atoms with Crippen LogP contribution in [0.25, 0.3) is 22.5 Å². The van der Waals surface area contributed by atoms with Crippen LogP contribution in [0.4, 0.5) is 5.00 Å². The SMILES string of the molecule is CCOC(=O)c1nn(-c2ccc(Cl)cc2)c(=O)c2c(NC(=O)C=Cc3ccc4c(c3)OCO4)scc12. The quantitative estimate of drug-likeness (QED) is 0.289. The van der Waals surface area contributed by atoms with Crippen molar-refractivity contribution in [3.05, 3.63) is 80.6 Å². The highest BCUT2D eigenvalue weighted by molar-refractivity contribution is 7.16. The third kappa shape index (κ3) is 4.56. The van der Waals surface area contributed by atoms with Gasteiger partial charge in [-0.1, -0.05) is 17.7 Å². The summed E-state index contributed by atoms with van der Waals surface area (Å²) < 4.78 is 16.9. The Morgan fingerprint density at radius 2 is 1.97 bits per heavy atom. The minimum absolute atomic E-state index is 0.0333. The number of amides is 1.